The number of carbonyl (C=O) groups is 1. The van der Waals surface area contributed by atoms with Gasteiger partial charge in [0.15, 0.2) is 4.80 Å². The number of hydrogen-bond acceptors (Lipinski definition) is 5. The maximum atomic E-state index is 13.6. The van der Waals surface area contributed by atoms with E-state index in [1.165, 1.54) is 11.3 Å². The summed E-state index contributed by atoms with van der Waals surface area (Å²) in [6.07, 6.45) is 1.71. The van der Waals surface area contributed by atoms with Crippen LogP contribution in [-0.4, -0.2) is 15.6 Å². The standard InChI is InChI=1S/C27H20ClN3O3S/c1-16-23(25(33)30-20-7-3-2-4-8-20)24(18-10-12-19(28)13-11-18)31-26(34)22(35-27(31)29-16)15-17-6-5-9-21(32)14-17/h2-15,24,32H,1H3,(H,30,33)/b22-15+. The van der Waals surface area contributed by atoms with Gasteiger partial charge in [0.25, 0.3) is 11.5 Å². The van der Waals surface area contributed by atoms with Crippen molar-refractivity contribution in [1.82, 2.24) is 4.57 Å². The van der Waals surface area contributed by atoms with E-state index in [1.54, 1.807) is 66.1 Å². The van der Waals surface area contributed by atoms with E-state index in [4.69, 9.17) is 11.6 Å². The molecule has 5 rings (SSSR count). The lowest BCUT2D eigenvalue weighted by molar-refractivity contribution is -0.113. The highest BCUT2D eigenvalue weighted by Gasteiger charge is 2.32. The predicted molar refractivity (Wildman–Crippen MR) is 138 cm³/mol. The summed E-state index contributed by atoms with van der Waals surface area (Å²) in [6.45, 7) is 1.77. The molecule has 0 bridgehead atoms. The normalized spacial score (nSPS) is 15.5. The Bertz CT molecular complexity index is 1640. The minimum atomic E-state index is -0.682. The summed E-state index contributed by atoms with van der Waals surface area (Å²) < 4.78 is 2.00. The smallest absolute Gasteiger partial charge is 0.271 e. The zero-order valence-corrected chi connectivity index (χ0v) is 20.2. The number of phenols is 1. The summed E-state index contributed by atoms with van der Waals surface area (Å²) in [7, 11) is 0. The Balaban J connectivity index is 1.68. The van der Waals surface area contributed by atoms with Crippen molar-refractivity contribution in [1.29, 1.82) is 0 Å². The molecule has 1 aliphatic rings. The number of anilines is 1. The number of nitrogens with zero attached hydrogens (tertiary/aromatic N) is 2. The largest absolute Gasteiger partial charge is 0.508 e. The second kappa shape index (κ2) is 9.37. The first-order valence-corrected chi connectivity index (χ1v) is 12.0. The molecule has 0 spiro atoms. The molecule has 174 valence electrons. The van der Waals surface area contributed by atoms with E-state index in [9.17, 15) is 14.7 Å². The van der Waals surface area contributed by atoms with Crippen LogP contribution < -0.4 is 20.2 Å². The summed E-state index contributed by atoms with van der Waals surface area (Å²) in [4.78, 5) is 32.2. The van der Waals surface area contributed by atoms with Crippen molar-refractivity contribution in [3.05, 3.63) is 126 Å². The van der Waals surface area contributed by atoms with Crippen LogP contribution >= 0.6 is 22.9 Å². The lowest BCUT2D eigenvalue weighted by Gasteiger charge is -2.25. The SMILES string of the molecule is CC1=C(C(=O)Nc2ccccc2)C(c2ccc(Cl)cc2)n2c(s/c(=C/c3cccc(O)c3)c2=O)=N1. The summed E-state index contributed by atoms with van der Waals surface area (Å²) in [5.74, 6) is -0.221. The average molecular weight is 502 g/mol. The molecule has 8 heteroatoms. The Morgan fingerprint density at radius 1 is 1.09 bits per heavy atom. The summed E-state index contributed by atoms with van der Waals surface area (Å²) in [5, 5.41) is 13.3. The molecule has 2 N–H and O–H groups in total. The van der Waals surface area contributed by atoms with Crippen molar-refractivity contribution in [2.45, 2.75) is 13.0 Å². The predicted octanol–water partition coefficient (Wildman–Crippen LogP) is 4.23. The molecule has 4 aromatic rings. The number of allylic oxidation sites excluding steroid dienone is 1. The van der Waals surface area contributed by atoms with Crippen molar-refractivity contribution < 1.29 is 9.90 Å². The number of rotatable bonds is 4. The van der Waals surface area contributed by atoms with Gasteiger partial charge in [0.2, 0.25) is 0 Å². The molecule has 0 saturated heterocycles. The van der Waals surface area contributed by atoms with Crippen LogP contribution in [0.15, 0.2) is 99.9 Å². The molecular formula is C27H20ClN3O3S. The quantitative estimate of drug-likeness (QED) is 0.439. The molecule has 0 aliphatic carbocycles. The average Bonchev–Trinajstić information content (AvgIpc) is 3.13. The van der Waals surface area contributed by atoms with Crippen LogP contribution in [-0.2, 0) is 4.79 Å². The van der Waals surface area contributed by atoms with E-state index < -0.39 is 6.04 Å². The monoisotopic (exact) mass is 501 g/mol. The van der Waals surface area contributed by atoms with E-state index in [1.807, 2.05) is 30.3 Å². The van der Waals surface area contributed by atoms with Crippen LogP contribution in [0.2, 0.25) is 5.02 Å². The third-order valence-electron chi connectivity index (χ3n) is 5.65. The molecule has 3 aromatic carbocycles. The molecule has 35 heavy (non-hydrogen) atoms. The van der Waals surface area contributed by atoms with E-state index in [-0.39, 0.29) is 17.2 Å². The number of nitrogens with one attached hydrogen (secondary N) is 1. The van der Waals surface area contributed by atoms with Crippen LogP contribution in [0.3, 0.4) is 0 Å². The van der Waals surface area contributed by atoms with Crippen molar-refractivity contribution in [2.24, 2.45) is 4.99 Å². The first kappa shape index (κ1) is 22.8. The van der Waals surface area contributed by atoms with Gasteiger partial charge in [-0.15, -0.1) is 0 Å². The zero-order chi connectivity index (χ0) is 24.5. The molecule has 1 unspecified atom stereocenters. The first-order chi connectivity index (χ1) is 16.9. The third-order valence-corrected chi connectivity index (χ3v) is 6.89. The number of para-hydroxylation sites is 1. The maximum absolute atomic E-state index is 13.6. The van der Waals surface area contributed by atoms with Gasteiger partial charge in [-0.3, -0.25) is 14.2 Å². The van der Waals surface area contributed by atoms with Gasteiger partial charge >= 0.3 is 0 Å². The number of hydrogen-bond donors (Lipinski definition) is 2. The lowest BCUT2D eigenvalue weighted by atomic mass is 9.95. The number of aromatic nitrogens is 1. The Hall–Kier alpha value is -3.94. The van der Waals surface area contributed by atoms with Gasteiger partial charge in [0.05, 0.1) is 21.8 Å². The highest BCUT2D eigenvalue weighted by molar-refractivity contribution is 7.07. The van der Waals surface area contributed by atoms with E-state index in [2.05, 4.69) is 10.3 Å². The number of amides is 1. The Labute approximate surface area is 209 Å². The van der Waals surface area contributed by atoms with Gasteiger partial charge in [-0.25, -0.2) is 4.99 Å². The lowest BCUT2D eigenvalue weighted by Crippen LogP contribution is -2.40. The van der Waals surface area contributed by atoms with Crippen LogP contribution in [0, 0.1) is 0 Å². The van der Waals surface area contributed by atoms with Gasteiger partial charge in [-0.05, 0) is 60.5 Å². The number of halogens is 1. The fourth-order valence-corrected chi connectivity index (χ4v) is 5.23. The molecule has 0 radical (unpaired) electrons. The molecule has 1 aliphatic heterocycles. The Morgan fingerprint density at radius 3 is 2.54 bits per heavy atom. The number of fused-ring (bicyclic) bond motifs is 1. The van der Waals surface area contributed by atoms with Gasteiger partial charge in [0.1, 0.15) is 5.75 Å². The molecule has 1 aromatic heterocycles. The number of thiazole rings is 1. The molecule has 0 fully saturated rings. The topological polar surface area (TPSA) is 83.7 Å². The van der Waals surface area contributed by atoms with Gasteiger partial charge < -0.3 is 10.4 Å². The number of carbonyl (C=O) groups excluding carboxylic acids is 1. The highest BCUT2D eigenvalue weighted by atomic mass is 35.5. The Morgan fingerprint density at radius 2 is 1.83 bits per heavy atom. The van der Waals surface area contributed by atoms with Gasteiger partial charge in [0, 0.05) is 10.7 Å². The van der Waals surface area contributed by atoms with Crippen LogP contribution in [0.4, 0.5) is 5.69 Å². The minimum Gasteiger partial charge on any atom is -0.508 e. The second-order valence-electron chi connectivity index (χ2n) is 8.05. The number of benzene rings is 3. The Kier molecular flexibility index (Phi) is 6.11. The molecule has 6 nitrogen and oxygen atoms in total. The van der Waals surface area contributed by atoms with Crippen molar-refractivity contribution >= 4 is 40.6 Å². The zero-order valence-electron chi connectivity index (χ0n) is 18.6. The van der Waals surface area contributed by atoms with Crippen molar-refractivity contribution in [2.75, 3.05) is 5.32 Å². The fourth-order valence-electron chi connectivity index (χ4n) is 4.06. The third kappa shape index (κ3) is 4.56. The summed E-state index contributed by atoms with van der Waals surface area (Å²) in [5.41, 5.74) is 2.72. The fraction of sp³-hybridized carbons (Fsp3) is 0.0741. The van der Waals surface area contributed by atoms with Crippen LogP contribution in [0.5, 0.6) is 5.75 Å². The molecule has 0 saturated carbocycles. The van der Waals surface area contributed by atoms with Crippen molar-refractivity contribution in [3.63, 3.8) is 0 Å². The first-order valence-electron chi connectivity index (χ1n) is 10.8. The number of phenolic OH excluding ortho intramolecular Hbond substituents is 1. The number of aromatic hydroxyl groups is 1. The molecular weight excluding hydrogens is 482 g/mol. The molecule has 1 amide bonds. The van der Waals surface area contributed by atoms with Crippen LogP contribution in [0.25, 0.3) is 6.08 Å². The highest BCUT2D eigenvalue weighted by Crippen LogP contribution is 2.31. The van der Waals surface area contributed by atoms with Gasteiger partial charge in [-0.2, -0.15) is 0 Å². The maximum Gasteiger partial charge on any atom is 0.271 e. The van der Waals surface area contributed by atoms with Crippen LogP contribution in [0.1, 0.15) is 24.1 Å². The van der Waals surface area contributed by atoms with Crippen molar-refractivity contribution in [3.8, 4) is 5.75 Å². The van der Waals surface area contributed by atoms with E-state index in [0.29, 0.717) is 36.9 Å². The van der Waals surface area contributed by atoms with E-state index in [0.717, 1.165) is 5.56 Å². The molecule has 1 atom stereocenters. The molecule has 2 heterocycles. The summed E-state index contributed by atoms with van der Waals surface area (Å²) in [6, 6.07) is 22.2. The minimum absolute atomic E-state index is 0.112. The summed E-state index contributed by atoms with van der Waals surface area (Å²) >= 11 is 7.36. The van der Waals surface area contributed by atoms with Gasteiger partial charge in [-0.1, -0.05) is 65.4 Å². The second-order valence-corrected chi connectivity index (χ2v) is 9.49. The van der Waals surface area contributed by atoms with E-state index >= 15 is 0 Å².